The molecule has 0 spiro atoms. The number of thiophene rings is 1. The SMILES string of the molecule is CN(C)C(=O)c1sc(NCC2(C)CCC2)cc1N. The fourth-order valence-corrected chi connectivity index (χ4v) is 3.12. The lowest BCUT2D eigenvalue weighted by molar-refractivity contribution is 0.0833. The zero-order valence-corrected chi connectivity index (χ0v) is 12.1. The van der Waals surface area contributed by atoms with Crippen LogP contribution in [0.4, 0.5) is 10.7 Å². The monoisotopic (exact) mass is 267 g/mol. The highest BCUT2D eigenvalue weighted by molar-refractivity contribution is 7.18. The molecule has 1 heterocycles. The Kier molecular flexibility index (Phi) is 3.52. The molecule has 2 rings (SSSR count). The Hall–Kier alpha value is -1.23. The molecule has 1 aliphatic carbocycles. The van der Waals surface area contributed by atoms with Crippen LogP contribution in [0.25, 0.3) is 0 Å². The molecule has 0 atom stereocenters. The number of anilines is 2. The van der Waals surface area contributed by atoms with Crippen LogP contribution in [0.15, 0.2) is 6.07 Å². The van der Waals surface area contributed by atoms with E-state index in [0.29, 0.717) is 16.0 Å². The van der Waals surface area contributed by atoms with Gasteiger partial charge in [-0.25, -0.2) is 0 Å². The third kappa shape index (κ3) is 2.61. The summed E-state index contributed by atoms with van der Waals surface area (Å²) in [7, 11) is 3.48. The van der Waals surface area contributed by atoms with Crippen LogP contribution in [-0.4, -0.2) is 31.4 Å². The number of nitrogens with zero attached hydrogens (tertiary/aromatic N) is 1. The summed E-state index contributed by atoms with van der Waals surface area (Å²) in [6.07, 6.45) is 3.89. The lowest BCUT2D eigenvalue weighted by Gasteiger charge is -2.38. The molecule has 5 heteroatoms. The number of hydrogen-bond acceptors (Lipinski definition) is 4. The molecule has 1 amide bonds. The van der Waals surface area contributed by atoms with Crippen LogP contribution in [0, 0.1) is 5.41 Å². The predicted octanol–water partition coefficient (Wildman–Crippen LogP) is 2.63. The Bertz CT molecular complexity index is 449. The maximum absolute atomic E-state index is 11.9. The molecule has 3 N–H and O–H groups in total. The summed E-state index contributed by atoms with van der Waals surface area (Å²) in [6, 6.07) is 1.86. The van der Waals surface area contributed by atoms with E-state index in [0.717, 1.165) is 11.5 Å². The highest BCUT2D eigenvalue weighted by Crippen LogP contribution is 2.41. The summed E-state index contributed by atoms with van der Waals surface area (Å²) in [5, 5.41) is 4.40. The third-order valence-corrected chi connectivity index (χ3v) is 4.71. The summed E-state index contributed by atoms with van der Waals surface area (Å²) in [4.78, 5) is 14.1. The minimum atomic E-state index is -0.0274. The summed E-state index contributed by atoms with van der Waals surface area (Å²) in [5.41, 5.74) is 6.88. The zero-order valence-electron chi connectivity index (χ0n) is 11.2. The molecule has 100 valence electrons. The Labute approximate surface area is 112 Å². The van der Waals surface area contributed by atoms with Crippen LogP contribution in [0.1, 0.15) is 35.9 Å². The van der Waals surface area contributed by atoms with Gasteiger partial charge < -0.3 is 16.0 Å². The molecule has 1 fully saturated rings. The normalized spacial score (nSPS) is 17.1. The van der Waals surface area contributed by atoms with Gasteiger partial charge in [-0.3, -0.25) is 4.79 Å². The summed E-state index contributed by atoms with van der Waals surface area (Å²) in [5.74, 6) is -0.0274. The number of carbonyl (C=O) groups excluding carboxylic acids is 1. The number of amides is 1. The van der Waals surface area contributed by atoms with E-state index in [1.54, 1.807) is 19.0 Å². The van der Waals surface area contributed by atoms with Crippen molar-refractivity contribution in [3.8, 4) is 0 Å². The molecule has 0 unspecified atom stereocenters. The molecule has 1 saturated carbocycles. The van der Waals surface area contributed by atoms with E-state index in [-0.39, 0.29) is 5.91 Å². The standard InChI is InChI=1S/C13H21N3OS/c1-13(5-4-6-13)8-15-10-7-9(14)11(18-10)12(17)16(2)3/h7,15H,4-6,8,14H2,1-3H3. The molecule has 0 aliphatic heterocycles. The first-order chi connectivity index (χ1) is 8.41. The third-order valence-electron chi connectivity index (χ3n) is 3.61. The lowest BCUT2D eigenvalue weighted by atomic mass is 9.70. The Balaban J connectivity index is 2.02. The van der Waals surface area contributed by atoms with Crippen molar-refractivity contribution in [3.05, 3.63) is 10.9 Å². The van der Waals surface area contributed by atoms with E-state index < -0.39 is 0 Å². The van der Waals surface area contributed by atoms with Gasteiger partial charge in [-0.2, -0.15) is 0 Å². The fraction of sp³-hybridized carbons (Fsp3) is 0.615. The number of rotatable bonds is 4. The second kappa shape index (κ2) is 4.80. The summed E-state index contributed by atoms with van der Waals surface area (Å²) < 4.78 is 0. The van der Waals surface area contributed by atoms with E-state index in [1.165, 1.54) is 30.6 Å². The molecule has 4 nitrogen and oxygen atoms in total. The highest BCUT2D eigenvalue weighted by Gasteiger charge is 2.31. The number of nitrogen functional groups attached to an aromatic ring is 1. The fourth-order valence-electron chi connectivity index (χ4n) is 2.12. The number of nitrogens with one attached hydrogen (secondary N) is 1. The molecule has 0 bridgehead atoms. The molecule has 18 heavy (non-hydrogen) atoms. The second-order valence-electron chi connectivity index (χ2n) is 5.61. The first-order valence-corrected chi connectivity index (χ1v) is 7.08. The van der Waals surface area contributed by atoms with Crippen molar-refractivity contribution in [1.82, 2.24) is 4.90 Å². The van der Waals surface area contributed by atoms with Gasteiger partial charge in [-0.1, -0.05) is 13.3 Å². The minimum absolute atomic E-state index is 0.0274. The van der Waals surface area contributed by atoms with Crippen molar-refractivity contribution in [3.63, 3.8) is 0 Å². The molecule has 0 radical (unpaired) electrons. The molecular weight excluding hydrogens is 246 g/mol. The van der Waals surface area contributed by atoms with Crippen molar-refractivity contribution >= 4 is 27.9 Å². The Morgan fingerprint density at radius 3 is 2.72 bits per heavy atom. The molecular formula is C13H21N3OS. The van der Waals surface area contributed by atoms with Crippen LogP contribution in [0.3, 0.4) is 0 Å². The quantitative estimate of drug-likeness (QED) is 0.881. The van der Waals surface area contributed by atoms with Crippen LogP contribution in [0.2, 0.25) is 0 Å². The molecule has 1 aromatic heterocycles. The Morgan fingerprint density at radius 1 is 1.56 bits per heavy atom. The summed E-state index contributed by atoms with van der Waals surface area (Å²) in [6.45, 7) is 3.26. The van der Waals surface area contributed by atoms with Gasteiger partial charge in [0, 0.05) is 20.6 Å². The van der Waals surface area contributed by atoms with Crippen LogP contribution in [0.5, 0.6) is 0 Å². The van der Waals surface area contributed by atoms with Gasteiger partial charge in [0.15, 0.2) is 0 Å². The van der Waals surface area contributed by atoms with Crippen LogP contribution < -0.4 is 11.1 Å². The van der Waals surface area contributed by atoms with Gasteiger partial charge in [-0.05, 0) is 24.3 Å². The average Bonchev–Trinajstić information content (AvgIpc) is 2.64. The number of carbonyl (C=O) groups is 1. The average molecular weight is 267 g/mol. The number of nitrogens with two attached hydrogens (primary N) is 1. The van der Waals surface area contributed by atoms with Gasteiger partial charge in [0.2, 0.25) is 0 Å². The maximum atomic E-state index is 11.9. The zero-order chi connectivity index (χ0) is 13.3. The Morgan fingerprint density at radius 2 is 2.22 bits per heavy atom. The van der Waals surface area contributed by atoms with Crippen molar-refractivity contribution in [2.24, 2.45) is 5.41 Å². The van der Waals surface area contributed by atoms with E-state index >= 15 is 0 Å². The van der Waals surface area contributed by atoms with Crippen molar-refractivity contribution in [2.75, 3.05) is 31.7 Å². The van der Waals surface area contributed by atoms with Gasteiger partial charge in [-0.15, -0.1) is 11.3 Å². The molecule has 0 saturated heterocycles. The van der Waals surface area contributed by atoms with E-state index in [4.69, 9.17) is 5.73 Å². The molecule has 1 aromatic rings. The van der Waals surface area contributed by atoms with E-state index in [2.05, 4.69) is 12.2 Å². The van der Waals surface area contributed by atoms with Crippen LogP contribution >= 0.6 is 11.3 Å². The van der Waals surface area contributed by atoms with E-state index in [1.807, 2.05) is 6.07 Å². The van der Waals surface area contributed by atoms with Gasteiger partial charge in [0.05, 0.1) is 10.7 Å². The minimum Gasteiger partial charge on any atom is -0.397 e. The van der Waals surface area contributed by atoms with E-state index in [9.17, 15) is 4.79 Å². The second-order valence-corrected chi connectivity index (χ2v) is 6.66. The number of hydrogen-bond donors (Lipinski definition) is 2. The largest absolute Gasteiger partial charge is 0.397 e. The first kappa shape index (κ1) is 13.2. The van der Waals surface area contributed by atoms with Crippen molar-refractivity contribution in [2.45, 2.75) is 26.2 Å². The highest BCUT2D eigenvalue weighted by atomic mass is 32.1. The topological polar surface area (TPSA) is 58.4 Å². The van der Waals surface area contributed by atoms with Crippen molar-refractivity contribution < 1.29 is 4.79 Å². The van der Waals surface area contributed by atoms with Crippen LogP contribution in [-0.2, 0) is 0 Å². The van der Waals surface area contributed by atoms with Gasteiger partial charge in [0.1, 0.15) is 4.88 Å². The first-order valence-electron chi connectivity index (χ1n) is 6.26. The predicted molar refractivity (Wildman–Crippen MR) is 77.2 cm³/mol. The van der Waals surface area contributed by atoms with Gasteiger partial charge >= 0.3 is 0 Å². The lowest BCUT2D eigenvalue weighted by Crippen LogP contribution is -2.33. The summed E-state index contributed by atoms with van der Waals surface area (Å²) >= 11 is 1.44. The van der Waals surface area contributed by atoms with Gasteiger partial charge in [0.25, 0.3) is 5.91 Å². The molecule has 1 aliphatic rings. The maximum Gasteiger partial charge on any atom is 0.265 e. The smallest absolute Gasteiger partial charge is 0.265 e. The molecule has 0 aromatic carbocycles. The van der Waals surface area contributed by atoms with Crippen molar-refractivity contribution in [1.29, 1.82) is 0 Å².